The van der Waals surface area contributed by atoms with Gasteiger partial charge in [-0.05, 0) is 92.1 Å². The number of aryl methyl sites for hydroxylation is 2. The molecule has 0 unspecified atom stereocenters. The number of anilines is 1. The molecule has 9 aromatic rings. The fourth-order valence-corrected chi connectivity index (χ4v) is 8.25. The molecule has 0 atom stereocenters. The Kier molecular flexibility index (Phi) is 13.2. The van der Waals surface area contributed by atoms with E-state index in [9.17, 15) is 0 Å². The van der Waals surface area contributed by atoms with Crippen molar-refractivity contribution < 1.29 is 27.1 Å². The Bertz CT molecular complexity index is 3470. The number of fused-ring (bicyclic) bond motifs is 2. The van der Waals surface area contributed by atoms with E-state index in [1.54, 1.807) is 6.07 Å². The van der Waals surface area contributed by atoms with Gasteiger partial charge in [0.1, 0.15) is 17.3 Å². The summed E-state index contributed by atoms with van der Waals surface area (Å²) in [6.45, 7) is 2.74. The fraction of sp³-hybridized carbons (Fsp3) is 0.122. The number of nitriles is 2. The van der Waals surface area contributed by atoms with E-state index in [1.807, 2.05) is 49.4 Å². The number of hydrogen-bond donors (Lipinski definition) is 2. The number of hydrogen-bond acceptors (Lipinski definition) is 12. The van der Waals surface area contributed by atoms with Crippen molar-refractivity contribution in [1.82, 2.24) is 30.4 Å². The molecule has 0 spiro atoms. The number of rotatable bonds is 10. The highest BCUT2D eigenvalue weighted by atomic mass is 35.5. The van der Waals surface area contributed by atoms with Crippen molar-refractivity contribution >= 4 is 63.1 Å². The second kappa shape index (κ2) is 19.7. The van der Waals surface area contributed by atoms with Gasteiger partial charge in [-0.25, -0.2) is 13.8 Å². The number of halogens is 6. The summed E-state index contributed by atoms with van der Waals surface area (Å²) >= 11 is 24.4. The molecular formula is C49H31Cl4F2N9O4. The van der Waals surface area contributed by atoms with Gasteiger partial charge >= 0.3 is 0 Å². The number of para-hydroxylation sites is 2. The quantitative estimate of drug-likeness (QED) is 0.132. The Balaban J connectivity index is 0.000000170. The maximum Gasteiger partial charge on any atom is 0.249 e. The predicted octanol–water partition coefficient (Wildman–Crippen LogP) is 13.4. The minimum Gasteiger partial charge on any atom is -0.453 e. The lowest BCUT2D eigenvalue weighted by Gasteiger charge is -2.19. The average molecular weight is 990 g/mol. The number of imidazole rings is 1. The fourth-order valence-electron chi connectivity index (χ4n) is 7.43. The van der Waals surface area contributed by atoms with Crippen molar-refractivity contribution in [2.75, 3.05) is 11.9 Å². The van der Waals surface area contributed by atoms with Crippen LogP contribution in [0.2, 0.25) is 20.1 Å². The Labute approximate surface area is 405 Å². The van der Waals surface area contributed by atoms with Crippen LogP contribution in [0.3, 0.4) is 0 Å². The first-order valence-corrected chi connectivity index (χ1v) is 22.1. The van der Waals surface area contributed by atoms with Crippen LogP contribution in [0.5, 0.6) is 23.0 Å². The van der Waals surface area contributed by atoms with Gasteiger partial charge in [0.25, 0.3) is 0 Å². The zero-order valence-corrected chi connectivity index (χ0v) is 38.3. The van der Waals surface area contributed by atoms with Crippen molar-refractivity contribution in [2.45, 2.75) is 32.6 Å². The molecular weight excluding hydrogens is 958 g/mol. The molecule has 10 rings (SSSR count). The lowest BCUT2D eigenvalue weighted by atomic mass is 9.99. The van der Waals surface area contributed by atoms with Gasteiger partial charge in [0, 0.05) is 27.7 Å². The lowest BCUT2D eigenvalue weighted by Crippen LogP contribution is -2.12. The first-order chi connectivity index (χ1) is 32.9. The molecule has 2 N–H and O–H groups in total. The van der Waals surface area contributed by atoms with E-state index < -0.39 is 11.6 Å². The topological polar surface area (TPSA) is 185 Å². The molecule has 0 bridgehead atoms. The summed E-state index contributed by atoms with van der Waals surface area (Å²) in [7, 11) is 0. The van der Waals surface area contributed by atoms with Gasteiger partial charge in [0.2, 0.25) is 23.6 Å². The van der Waals surface area contributed by atoms with Gasteiger partial charge in [0.15, 0.2) is 23.1 Å². The summed E-state index contributed by atoms with van der Waals surface area (Å²) in [5.41, 5.74) is 6.35. The third-order valence-corrected chi connectivity index (χ3v) is 11.5. The van der Waals surface area contributed by atoms with Crippen molar-refractivity contribution in [3.8, 4) is 58.0 Å². The lowest BCUT2D eigenvalue weighted by molar-refractivity contribution is 0.437. The van der Waals surface area contributed by atoms with Gasteiger partial charge in [-0.1, -0.05) is 76.7 Å². The summed E-state index contributed by atoms with van der Waals surface area (Å²) in [4.78, 5) is 7.59. The molecule has 0 fully saturated rings. The van der Waals surface area contributed by atoms with Gasteiger partial charge in [-0.15, -0.1) is 20.4 Å². The summed E-state index contributed by atoms with van der Waals surface area (Å²) < 4.78 is 53.6. The van der Waals surface area contributed by atoms with Crippen LogP contribution in [0.4, 0.5) is 14.5 Å². The number of ether oxygens (including phenoxy) is 2. The number of aromatic nitrogens is 6. The standard InChI is InChI=1S/C25H17Cl2FN4O2.C24H14Cl2FN5O2/c26-17-9-14(13-29)10-18(12-17)33-24-20(27)7-6-16(22(24)28)11-21-31-32-25(34-21)19-5-1-3-15-4-2-8-30-23(15)19;1-12-29-19-4-2-3-17(22(19)30-12)24-32-31-20(34-24)9-14-5-6-18(26)23(21(14)27)33-16-8-13(11-28)7-15(25)10-16/h1,3,5-7,9-10,12,30H,2,4,8,11H2;2-8,10H,9H2,1H3,(H,29,30). The van der Waals surface area contributed by atoms with Crippen molar-refractivity contribution in [2.24, 2.45) is 0 Å². The Hall–Kier alpha value is -7.53. The van der Waals surface area contributed by atoms with E-state index in [0.717, 1.165) is 47.5 Å². The molecule has 4 heterocycles. The first kappa shape index (κ1) is 45.6. The number of nitrogens with zero attached hydrogens (tertiary/aromatic N) is 7. The second-order valence-corrected chi connectivity index (χ2v) is 16.9. The van der Waals surface area contributed by atoms with Gasteiger partial charge in [0.05, 0.1) is 74.0 Å². The molecule has 0 aliphatic carbocycles. The maximum absolute atomic E-state index is 15.3. The molecule has 13 nitrogen and oxygen atoms in total. The number of nitrogens with one attached hydrogen (secondary N) is 2. The molecule has 338 valence electrons. The zero-order chi connectivity index (χ0) is 47.5. The molecule has 0 radical (unpaired) electrons. The maximum atomic E-state index is 15.3. The molecule has 6 aromatic carbocycles. The highest BCUT2D eigenvalue weighted by Crippen LogP contribution is 2.39. The van der Waals surface area contributed by atoms with E-state index in [0.29, 0.717) is 11.5 Å². The third kappa shape index (κ3) is 9.93. The largest absolute Gasteiger partial charge is 0.453 e. The number of H-pyrrole nitrogens is 1. The van der Waals surface area contributed by atoms with Gasteiger partial charge in [-0.3, -0.25) is 0 Å². The van der Waals surface area contributed by atoms with Crippen LogP contribution in [0, 0.1) is 41.2 Å². The SMILES string of the molecule is Cc1nc2cccc(-c3nnc(Cc4ccc(Cl)c(Oc5cc(Cl)cc(C#N)c5)c4F)o3)c2[nH]1.N#Cc1cc(Cl)cc(Oc2c(Cl)ccc(Cc3nnc(-c4cccc5c4NCCC5)o3)c2F)c1. The summed E-state index contributed by atoms with van der Waals surface area (Å²) in [5, 5.41) is 38.8. The zero-order valence-electron chi connectivity index (χ0n) is 35.3. The van der Waals surface area contributed by atoms with Crippen LogP contribution < -0.4 is 14.8 Å². The summed E-state index contributed by atoms with van der Waals surface area (Å²) in [5.74, 6) is 0.562. The minimum absolute atomic E-state index is 0.0172. The van der Waals surface area contributed by atoms with E-state index in [2.05, 4.69) is 41.7 Å². The molecule has 68 heavy (non-hydrogen) atoms. The van der Waals surface area contributed by atoms with Gasteiger partial charge in [-0.2, -0.15) is 10.5 Å². The van der Waals surface area contributed by atoms with E-state index in [-0.39, 0.29) is 95.9 Å². The summed E-state index contributed by atoms with van der Waals surface area (Å²) in [6.07, 6.45) is 2.12. The molecule has 1 aliphatic heterocycles. The summed E-state index contributed by atoms with van der Waals surface area (Å²) in [6, 6.07) is 30.4. The van der Waals surface area contributed by atoms with E-state index >= 15 is 8.78 Å². The van der Waals surface area contributed by atoms with Gasteiger partial charge < -0.3 is 28.6 Å². The smallest absolute Gasteiger partial charge is 0.249 e. The highest BCUT2D eigenvalue weighted by molar-refractivity contribution is 6.32. The average Bonchev–Trinajstić information content (AvgIpc) is 4.10. The monoisotopic (exact) mass is 987 g/mol. The van der Waals surface area contributed by atoms with E-state index in [1.165, 1.54) is 60.2 Å². The molecule has 19 heteroatoms. The van der Waals surface area contributed by atoms with Crippen molar-refractivity contribution in [3.05, 3.63) is 174 Å². The van der Waals surface area contributed by atoms with Crippen LogP contribution in [0.15, 0.2) is 106 Å². The minimum atomic E-state index is -0.683. The molecule has 3 aromatic heterocycles. The second-order valence-electron chi connectivity index (χ2n) is 15.2. The van der Waals surface area contributed by atoms with E-state index in [4.69, 9.17) is 75.2 Å². The molecule has 1 aliphatic rings. The van der Waals surface area contributed by atoms with Crippen LogP contribution >= 0.6 is 46.4 Å². The van der Waals surface area contributed by atoms with Crippen molar-refractivity contribution in [1.29, 1.82) is 10.5 Å². The number of benzene rings is 6. The Morgan fingerprint density at radius 3 is 1.79 bits per heavy atom. The van der Waals surface area contributed by atoms with Crippen LogP contribution in [-0.4, -0.2) is 36.9 Å². The van der Waals surface area contributed by atoms with Crippen LogP contribution in [0.1, 0.15) is 51.8 Å². The van der Waals surface area contributed by atoms with Crippen molar-refractivity contribution in [3.63, 3.8) is 0 Å². The Morgan fingerprint density at radius 1 is 0.676 bits per heavy atom. The van der Waals surface area contributed by atoms with Crippen LogP contribution in [0.25, 0.3) is 33.9 Å². The normalized spacial score (nSPS) is 11.8. The highest BCUT2D eigenvalue weighted by Gasteiger charge is 2.23. The third-order valence-electron chi connectivity index (χ3n) is 10.5. The first-order valence-electron chi connectivity index (χ1n) is 20.6. The Morgan fingerprint density at radius 2 is 1.22 bits per heavy atom. The molecule has 0 saturated heterocycles. The molecule has 0 saturated carbocycles. The van der Waals surface area contributed by atoms with Crippen LogP contribution in [-0.2, 0) is 19.3 Å². The molecule has 0 amide bonds. The predicted molar refractivity (Wildman–Crippen MR) is 252 cm³/mol. The number of aromatic amines is 1.